The quantitative estimate of drug-likeness (QED) is 0.174. The summed E-state index contributed by atoms with van der Waals surface area (Å²) in [6.45, 7) is 12.6. The number of hydrogen-bond donors (Lipinski definition) is 3. The van der Waals surface area contributed by atoms with Gasteiger partial charge in [0, 0.05) is 101 Å². The fourth-order valence-electron chi connectivity index (χ4n) is 6.64. The summed E-state index contributed by atoms with van der Waals surface area (Å²) in [7, 11) is 1.61. The molecular weight excluding hydrogens is 715 g/mol. The standard InChI is InChI=1S/C20H23N7O2.C19H20N6O2/c1-12(2)18-13(3)25-19-16(10-24-27(19)20(18)28)14-9-23-26(11-14)17-8-15(4-6-22-17)29-7-5-21;1-11(2)17-12(3)23-18-15(9-22-25(18)19(17)26)13-8-21-24(10-13)16-7-14(27-4)5-6-20-16/h4,6,8-12,24H,5,7,21H2,1-3H3;5-11,22H,1-4H3. The molecule has 8 rings (SSSR count). The summed E-state index contributed by atoms with van der Waals surface area (Å²) in [5.41, 5.74) is 12.7. The minimum absolute atomic E-state index is 0.0689. The number of nitrogens with zero attached hydrogens (tertiary/aromatic N) is 10. The van der Waals surface area contributed by atoms with Crippen molar-refractivity contribution in [3.8, 4) is 45.4 Å². The molecule has 0 bridgehead atoms. The van der Waals surface area contributed by atoms with Crippen LogP contribution in [0.1, 0.15) is 62.0 Å². The molecular formula is C39H43N13O4. The molecule has 0 saturated heterocycles. The van der Waals surface area contributed by atoms with E-state index in [4.69, 9.17) is 15.2 Å². The number of methoxy groups -OCH3 is 1. The minimum Gasteiger partial charge on any atom is -0.497 e. The van der Waals surface area contributed by atoms with E-state index in [-0.39, 0.29) is 23.0 Å². The van der Waals surface area contributed by atoms with Crippen molar-refractivity contribution in [1.29, 1.82) is 0 Å². The molecule has 0 spiro atoms. The van der Waals surface area contributed by atoms with Gasteiger partial charge >= 0.3 is 0 Å². The Kier molecular flexibility index (Phi) is 10.3. The lowest BCUT2D eigenvalue weighted by Crippen LogP contribution is -2.22. The van der Waals surface area contributed by atoms with Gasteiger partial charge in [0.1, 0.15) is 18.1 Å². The lowest BCUT2D eigenvalue weighted by molar-refractivity contribution is 0.328. The van der Waals surface area contributed by atoms with Crippen molar-refractivity contribution in [2.75, 3.05) is 20.3 Å². The van der Waals surface area contributed by atoms with E-state index in [0.29, 0.717) is 53.1 Å². The molecule has 0 unspecified atom stereocenters. The van der Waals surface area contributed by atoms with E-state index in [1.165, 1.54) is 9.03 Å². The third-order valence-electron chi connectivity index (χ3n) is 9.24. The third-order valence-corrected chi connectivity index (χ3v) is 9.24. The summed E-state index contributed by atoms with van der Waals surface area (Å²) in [6.07, 6.45) is 14.0. The van der Waals surface area contributed by atoms with Gasteiger partial charge in [0.25, 0.3) is 11.1 Å². The van der Waals surface area contributed by atoms with Gasteiger partial charge < -0.3 is 15.2 Å². The summed E-state index contributed by atoms with van der Waals surface area (Å²) in [5.74, 6) is 2.85. The highest BCUT2D eigenvalue weighted by atomic mass is 16.5. The Labute approximate surface area is 320 Å². The Hall–Kier alpha value is -6.88. The molecule has 8 aromatic rings. The number of aromatic amines is 2. The molecule has 288 valence electrons. The molecule has 0 aliphatic carbocycles. The van der Waals surface area contributed by atoms with Gasteiger partial charge in [0.05, 0.1) is 19.5 Å². The number of nitrogens with two attached hydrogens (primary N) is 1. The number of aromatic nitrogens is 12. The Morgan fingerprint density at radius 2 is 1.20 bits per heavy atom. The van der Waals surface area contributed by atoms with Crippen molar-refractivity contribution in [3.63, 3.8) is 0 Å². The Bertz CT molecular complexity index is 2780. The smallest absolute Gasteiger partial charge is 0.276 e. The molecule has 0 fully saturated rings. The Morgan fingerprint density at radius 3 is 1.64 bits per heavy atom. The molecule has 0 aliphatic rings. The SMILES string of the molecule is COc1ccnc(-n2cc(-c3c[nH]n4c(=O)c(C(C)C)c(C)nc34)cn2)c1.Cc1nc2c(-c3cnn(-c4cc(OCCN)ccn4)c3)c[nH]n2c(=O)c1C(C)C. The summed E-state index contributed by atoms with van der Waals surface area (Å²) >= 11 is 0. The van der Waals surface area contributed by atoms with Crippen molar-refractivity contribution in [1.82, 2.24) is 58.7 Å². The van der Waals surface area contributed by atoms with Gasteiger partial charge in [0.2, 0.25) is 0 Å². The first kappa shape index (κ1) is 37.4. The van der Waals surface area contributed by atoms with Gasteiger partial charge in [-0.25, -0.2) is 38.3 Å². The van der Waals surface area contributed by atoms with Gasteiger partial charge in [-0.2, -0.15) is 10.2 Å². The molecule has 8 aromatic heterocycles. The molecule has 8 heterocycles. The van der Waals surface area contributed by atoms with E-state index in [2.05, 4.69) is 40.3 Å². The van der Waals surface area contributed by atoms with E-state index in [9.17, 15) is 9.59 Å². The maximum atomic E-state index is 12.8. The second kappa shape index (κ2) is 15.5. The lowest BCUT2D eigenvalue weighted by Gasteiger charge is -2.08. The second-order valence-corrected chi connectivity index (χ2v) is 13.7. The zero-order valence-electron chi connectivity index (χ0n) is 32.2. The van der Waals surface area contributed by atoms with E-state index in [1.807, 2.05) is 53.9 Å². The fraction of sp³-hybridized carbons (Fsp3) is 0.282. The topological polar surface area (TPSA) is 206 Å². The maximum Gasteiger partial charge on any atom is 0.276 e. The van der Waals surface area contributed by atoms with Gasteiger partial charge in [-0.3, -0.25) is 19.8 Å². The van der Waals surface area contributed by atoms with Crippen LogP contribution in [0.2, 0.25) is 0 Å². The van der Waals surface area contributed by atoms with Gasteiger partial charge in [-0.05, 0) is 37.8 Å². The highest BCUT2D eigenvalue weighted by Gasteiger charge is 2.19. The van der Waals surface area contributed by atoms with Gasteiger partial charge in [0.15, 0.2) is 22.9 Å². The number of fused-ring (bicyclic) bond motifs is 2. The lowest BCUT2D eigenvalue weighted by atomic mass is 10.0. The summed E-state index contributed by atoms with van der Waals surface area (Å²) in [4.78, 5) is 43.6. The van der Waals surface area contributed by atoms with Crippen LogP contribution >= 0.6 is 0 Å². The number of hydrogen-bond acceptors (Lipinski definition) is 11. The average molecular weight is 758 g/mol. The monoisotopic (exact) mass is 757 g/mol. The number of pyridine rings is 2. The fourth-order valence-corrected chi connectivity index (χ4v) is 6.64. The van der Waals surface area contributed by atoms with Crippen molar-refractivity contribution in [2.45, 2.75) is 53.4 Å². The largest absolute Gasteiger partial charge is 0.497 e. The number of aryl methyl sites for hydroxylation is 2. The molecule has 0 aromatic carbocycles. The zero-order chi connectivity index (χ0) is 39.7. The minimum atomic E-state index is -0.0763. The van der Waals surface area contributed by atoms with Gasteiger partial charge in [-0.15, -0.1) is 0 Å². The maximum absolute atomic E-state index is 12.8. The van der Waals surface area contributed by atoms with Crippen LogP contribution in [0.3, 0.4) is 0 Å². The van der Waals surface area contributed by atoms with E-state index in [0.717, 1.165) is 39.2 Å². The number of nitrogens with one attached hydrogen (secondary N) is 2. The van der Waals surface area contributed by atoms with Crippen LogP contribution in [0.25, 0.3) is 45.2 Å². The Balaban J connectivity index is 0.000000172. The predicted molar refractivity (Wildman–Crippen MR) is 211 cm³/mol. The summed E-state index contributed by atoms with van der Waals surface area (Å²) in [5, 5.41) is 14.8. The number of rotatable bonds is 10. The highest BCUT2D eigenvalue weighted by molar-refractivity contribution is 5.77. The Morgan fingerprint density at radius 1 is 0.732 bits per heavy atom. The zero-order valence-corrected chi connectivity index (χ0v) is 32.2. The summed E-state index contributed by atoms with van der Waals surface area (Å²) in [6, 6.07) is 7.14. The van der Waals surface area contributed by atoms with Crippen LogP contribution in [0, 0.1) is 13.8 Å². The number of ether oxygens (including phenoxy) is 2. The third kappa shape index (κ3) is 7.06. The van der Waals surface area contributed by atoms with Crippen molar-refractivity contribution < 1.29 is 9.47 Å². The van der Waals surface area contributed by atoms with E-state index < -0.39 is 0 Å². The van der Waals surface area contributed by atoms with Crippen molar-refractivity contribution in [3.05, 3.63) is 117 Å². The van der Waals surface area contributed by atoms with Crippen LogP contribution in [0.4, 0.5) is 0 Å². The van der Waals surface area contributed by atoms with Crippen molar-refractivity contribution >= 4 is 11.3 Å². The molecule has 0 amide bonds. The highest BCUT2D eigenvalue weighted by Crippen LogP contribution is 2.27. The average Bonchev–Trinajstić information content (AvgIpc) is 4.00. The van der Waals surface area contributed by atoms with Crippen LogP contribution < -0.4 is 26.3 Å². The molecule has 17 heteroatoms. The molecule has 0 atom stereocenters. The van der Waals surface area contributed by atoms with Crippen LogP contribution in [-0.2, 0) is 0 Å². The first-order valence-electron chi connectivity index (χ1n) is 18.1. The number of H-pyrrole nitrogens is 2. The van der Waals surface area contributed by atoms with E-state index >= 15 is 0 Å². The normalized spacial score (nSPS) is 11.5. The van der Waals surface area contributed by atoms with Crippen molar-refractivity contribution in [2.24, 2.45) is 5.73 Å². The van der Waals surface area contributed by atoms with Gasteiger partial charge in [-0.1, -0.05) is 27.7 Å². The first-order valence-corrected chi connectivity index (χ1v) is 18.1. The predicted octanol–water partition coefficient (Wildman–Crippen LogP) is 4.75. The van der Waals surface area contributed by atoms with Crippen LogP contribution in [0.15, 0.2) is 83.4 Å². The molecule has 0 radical (unpaired) electrons. The molecule has 0 saturated carbocycles. The molecule has 4 N–H and O–H groups in total. The summed E-state index contributed by atoms with van der Waals surface area (Å²) < 4.78 is 17.1. The molecule has 17 nitrogen and oxygen atoms in total. The van der Waals surface area contributed by atoms with Crippen LogP contribution in [-0.4, -0.2) is 79.0 Å². The van der Waals surface area contributed by atoms with Crippen LogP contribution in [0.5, 0.6) is 11.5 Å². The second-order valence-electron chi connectivity index (χ2n) is 13.7. The molecule has 56 heavy (non-hydrogen) atoms. The van der Waals surface area contributed by atoms with E-state index in [1.54, 1.807) is 77.9 Å². The molecule has 0 aliphatic heterocycles. The first-order chi connectivity index (χ1) is 27.0.